The normalized spacial score (nSPS) is 11.1. The first-order valence-electron chi connectivity index (χ1n) is 6.35. The quantitative estimate of drug-likeness (QED) is 0.679. The van der Waals surface area contributed by atoms with Crippen molar-refractivity contribution in [3.05, 3.63) is 64.1 Å². The van der Waals surface area contributed by atoms with Crippen molar-refractivity contribution in [3.63, 3.8) is 0 Å². The lowest BCUT2D eigenvalue weighted by atomic mass is 10.1. The van der Waals surface area contributed by atoms with E-state index in [1.54, 1.807) is 25.3 Å². The third kappa shape index (κ3) is 4.16. The van der Waals surface area contributed by atoms with Gasteiger partial charge in [0.25, 0.3) is 5.91 Å². The number of nitrogens with zero attached hydrogens (tertiary/aromatic N) is 1. The van der Waals surface area contributed by atoms with Gasteiger partial charge in [-0.15, -0.1) is 0 Å². The van der Waals surface area contributed by atoms with Crippen LogP contribution in [0.1, 0.15) is 22.8 Å². The summed E-state index contributed by atoms with van der Waals surface area (Å²) < 4.78 is 5.95. The van der Waals surface area contributed by atoms with E-state index in [1.165, 1.54) is 0 Å². The number of methoxy groups -OCH3 is 1. The van der Waals surface area contributed by atoms with Gasteiger partial charge < -0.3 is 4.74 Å². The van der Waals surface area contributed by atoms with Gasteiger partial charge in [0.1, 0.15) is 5.75 Å². The molecule has 108 valence electrons. The molecule has 0 fully saturated rings. The average Bonchev–Trinajstić information content (AvgIpc) is 2.52. The van der Waals surface area contributed by atoms with Gasteiger partial charge in [-0.25, -0.2) is 5.43 Å². The third-order valence-electron chi connectivity index (χ3n) is 2.92. The second kappa shape index (κ2) is 7.04. The van der Waals surface area contributed by atoms with E-state index in [-0.39, 0.29) is 5.91 Å². The molecule has 1 N–H and O–H groups in total. The summed E-state index contributed by atoms with van der Waals surface area (Å²) in [6.45, 7) is 1.84. The number of ether oxygens (including phenoxy) is 1. The minimum Gasteiger partial charge on any atom is -0.497 e. The molecule has 21 heavy (non-hydrogen) atoms. The van der Waals surface area contributed by atoms with E-state index in [0.717, 1.165) is 21.5 Å². The van der Waals surface area contributed by atoms with Crippen LogP contribution in [0.15, 0.2) is 58.1 Å². The van der Waals surface area contributed by atoms with Crippen LogP contribution in [-0.2, 0) is 0 Å². The molecule has 0 saturated heterocycles. The Kier molecular flexibility index (Phi) is 5.11. The molecule has 1 amide bonds. The molecule has 2 aromatic carbocycles. The van der Waals surface area contributed by atoms with Gasteiger partial charge in [0.05, 0.1) is 12.8 Å². The molecule has 0 saturated carbocycles. The lowest BCUT2D eigenvalue weighted by molar-refractivity contribution is 0.0955. The van der Waals surface area contributed by atoms with E-state index in [4.69, 9.17) is 4.74 Å². The van der Waals surface area contributed by atoms with Crippen molar-refractivity contribution >= 4 is 27.5 Å². The summed E-state index contributed by atoms with van der Waals surface area (Å²) in [6, 6.07) is 14.6. The number of amides is 1. The minimum atomic E-state index is -0.246. The van der Waals surface area contributed by atoms with E-state index < -0.39 is 0 Å². The highest BCUT2D eigenvalue weighted by atomic mass is 79.9. The Morgan fingerprint density at radius 2 is 1.86 bits per heavy atom. The Balaban J connectivity index is 2.07. The maximum absolute atomic E-state index is 12.0. The van der Waals surface area contributed by atoms with Gasteiger partial charge >= 0.3 is 0 Å². The molecule has 4 nitrogen and oxygen atoms in total. The fourth-order valence-electron chi connectivity index (χ4n) is 1.73. The van der Waals surface area contributed by atoms with E-state index in [0.29, 0.717) is 5.56 Å². The zero-order valence-electron chi connectivity index (χ0n) is 11.8. The van der Waals surface area contributed by atoms with Gasteiger partial charge in [0.15, 0.2) is 0 Å². The Morgan fingerprint density at radius 1 is 1.14 bits per heavy atom. The summed E-state index contributed by atoms with van der Waals surface area (Å²) in [5.41, 5.74) is 4.75. The maximum Gasteiger partial charge on any atom is 0.271 e. The zero-order chi connectivity index (χ0) is 15.2. The molecule has 0 spiro atoms. The van der Waals surface area contributed by atoms with Gasteiger partial charge in [-0.3, -0.25) is 4.79 Å². The first-order valence-corrected chi connectivity index (χ1v) is 7.14. The SMILES string of the molecule is COc1ccc(/C(C)=N/NC(=O)c2cccc(Br)c2)cc1. The van der Waals surface area contributed by atoms with Crippen molar-refractivity contribution in [1.82, 2.24) is 5.43 Å². The van der Waals surface area contributed by atoms with Crippen LogP contribution in [0.2, 0.25) is 0 Å². The number of carbonyl (C=O) groups excluding carboxylic acids is 1. The Labute approximate surface area is 132 Å². The summed E-state index contributed by atoms with van der Waals surface area (Å²) in [7, 11) is 1.62. The molecule has 0 aliphatic carbocycles. The molecule has 0 bridgehead atoms. The molecule has 0 unspecified atom stereocenters. The van der Waals surface area contributed by atoms with Crippen molar-refractivity contribution in [2.24, 2.45) is 5.10 Å². The van der Waals surface area contributed by atoms with Crippen molar-refractivity contribution in [2.45, 2.75) is 6.92 Å². The maximum atomic E-state index is 12.0. The molecule has 0 aromatic heterocycles. The second-order valence-corrected chi connectivity index (χ2v) is 5.29. The largest absolute Gasteiger partial charge is 0.497 e. The predicted octanol–water partition coefficient (Wildman–Crippen LogP) is 3.61. The van der Waals surface area contributed by atoms with Crippen LogP contribution in [0.5, 0.6) is 5.75 Å². The first-order chi connectivity index (χ1) is 10.1. The molecule has 0 aliphatic rings. The van der Waals surface area contributed by atoms with Crippen molar-refractivity contribution < 1.29 is 9.53 Å². The topological polar surface area (TPSA) is 50.7 Å². The number of rotatable bonds is 4. The van der Waals surface area contributed by atoms with Gasteiger partial charge in [-0.2, -0.15) is 5.10 Å². The van der Waals surface area contributed by atoms with Gasteiger partial charge in [0.2, 0.25) is 0 Å². The third-order valence-corrected chi connectivity index (χ3v) is 3.41. The van der Waals surface area contributed by atoms with Crippen LogP contribution in [0.4, 0.5) is 0 Å². The number of hydrogen-bond donors (Lipinski definition) is 1. The molecule has 0 atom stereocenters. The molecule has 0 radical (unpaired) electrons. The minimum absolute atomic E-state index is 0.246. The number of nitrogens with one attached hydrogen (secondary N) is 1. The number of halogens is 1. The van der Waals surface area contributed by atoms with E-state index in [9.17, 15) is 4.79 Å². The number of benzene rings is 2. The molecule has 2 rings (SSSR count). The fourth-order valence-corrected chi connectivity index (χ4v) is 2.12. The van der Waals surface area contributed by atoms with Crippen LogP contribution in [0, 0.1) is 0 Å². The lowest BCUT2D eigenvalue weighted by Crippen LogP contribution is -2.19. The smallest absolute Gasteiger partial charge is 0.271 e. The van der Waals surface area contributed by atoms with Crippen molar-refractivity contribution in [3.8, 4) is 5.75 Å². The Hall–Kier alpha value is -2.14. The highest BCUT2D eigenvalue weighted by Gasteiger charge is 2.05. The number of carbonyl (C=O) groups is 1. The van der Waals surface area contributed by atoms with Crippen molar-refractivity contribution in [1.29, 1.82) is 0 Å². The molecule has 0 heterocycles. The van der Waals surface area contributed by atoms with E-state index in [2.05, 4.69) is 26.5 Å². The molecule has 0 aliphatic heterocycles. The standard InChI is InChI=1S/C16H15BrN2O2/c1-11(12-6-8-15(21-2)9-7-12)18-19-16(20)13-4-3-5-14(17)10-13/h3-10H,1-2H3,(H,19,20)/b18-11+. The van der Waals surface area contributed by atoms with Crippen LogP contribution in [0.25, 0.3) is 0 Å². The average molecular weight is 347 g/mol. The molecule has 2 aromatic rings. The number of hydrogen-bond acceptors (Lipinski definition) is 3. The molecular weight excluding hydrogens is 332 g/mol. The van der Waals surface area contributed by atoms with Gasteiger partial charge in [-0.05, 0) is 55.0 Å². The Morgan fingerprint density at radius 3 is 2.48 bits per heavy atom. The zero-order valence-corrected chi connectivity index (χ0v) is 13.3. The van der Waals surface area contributed by atoms with Crippen LogP contribution < -0.4 is 10.2 Å². The molecule has 5 heteroatoms. The van der Waals surface area contributed by atoms with Crippen LogP contribution >= 0.6 is 15.9 Å². The lowest BCUT2D eigenvalue weighted by Gasteiger charge is -2.04. The summed E-state index contributed by atoms with van der Waals surface area (Å²) in [5, 5.41) is 4.12. The van der Waals surface area contributed by atoms with Crippen molar-refractivity contribution in [2.75, 3.05) is 7.11 Å². The van der Waals surface area contributed by atoms with Crippen LogP contribution in [0.3, 0.4) is 0 Å². The van der Waals surface area contributed by atoms with Gasteiger partial charge in [-0.1, -0.05) is 22.0 Å². The summed E-state index contributed by atoms with van der Waals surface area (Å²) >= 11 is 3.33. The highest BCUT2D eigenvalue weighted by molar-refractivity contribution is 9.10. The predicted molar refractivity (Wildman–Crippen MR) is 86.8 cm³/mol. The summed E-state index contributed by atoms with van der Waals surface area (Å²) in [6.07, 6.45) is 0. The fraction of sp³-hybridized carbons (Fsp3) is 0.125. The Bertz CT molecular complexity index is 666. The number of hydrazone groups is 1. The van der Waals surface area contributed by atoms with E-state index >= 15 is 0 Å². The second-order valence-electron chi connectivity index (χ2n) is 4.38. The van der Waals surface area contributed by atoms with Gasteiger partial charge in [0, 0.05) is 10.0 Å². The summed E-state index contributed by atoms with van der Waals surface area (Å²) in [4.78, 5) is 12.0. The van der Waals surface area contributed by atoms with E-state index in [1.807, 2.05) is 37.3 Å². The summed E-state index contributed by atoms with van der Waals surface area (Å²) in [5.74, 6) is 0.536. The molecular formula is C16H15BrN2O2. The van der Waals surface area contributed by atoms with Crippen LogP contribution in [-0.4, -0.2) is 18.7 Å². The monoisotopic (exact) mass is 346 g/mol. The first kappa shape index (κ1) is 15.3. The highest BCUT2D eigenvalue weighted by Crippen LogP contribution is 2.13.